The highest BCUT2D eigenvalue weighted by Crippen LogP contribution is 2.21. The number of pyridine rings is 1. The monoisotopic (exact) mass is 214 g/mol. The molecule has 0 aliphatic carbocycles. The van der Waals surface area contributed by atoms with E-state index in [0.29, 0.717) is 0 Å². The summed E-state index contributed by atoms with van der Waals surface area (Å²) in [4.78, 5) is 4.69. The van der Waals surface area contributed by atoms with Crippen molar-refractivity contribution < 1.29 is 0 Å². The molecule has 1 aromatic carbocycles. The zero-order valence-electron chi connectivity index (χ0n) is 10.4. The van der Waals surface area contributed by atoms with Crippen LogP contribution in [0.2, 0.25) is 0 Å². The van der Waals surface area contributed by atoms with Gasteiger partial charge in [-0.15, -0.1) is 0 Å². The number of benzene rings is 1. The van der Waals surface area contributed by atoms with Crippen LogP contribution in [0.15, 0.2) is 18.2 Å². The minimum absolute atomic E-state index is 0.877. The van der Waals surface area contributed by atoms with Gasteiger partial charge in [0.1, 0.15) is 0 Å². The normalized spacial score (nSPS) is 11.0. The van der Waals surface area contributed by atoms with E-state index in [1.54, 1.807) is 0 Å². The first-order valence-corrected chi connectivity index (χ1v) is 5.64. The average molecular weight is 214 g/mol. The molecule has 1 N–H and O–H groups in total. The molecule has 2 aromatic rings. The van der Waals surface area contributed by atoms with E-state index in [2.05, 4.69) is 44.3 Å². The first-order valence-electron chi connectivity index (χ1n) is 5.64. The Bertz CT molecular complexity index is 530. The van der Waals surface area contributed by atoms with Gasteiger partial charge in [0.05, 0.1) is 5.52 Å². The molecule has 16 heavy (non-hydrogen) atoms. The predicted molar refractivity (Wildman–Crippen MR) is 68.7 cm³/mol. The summed E-state index contributed by atoms with van der Waals surface area (Å²) in [5.41, 5.74) is 6.08. The fourth-order valence-corrected chi connectivity index (χ4v) is 2.16. The van der Waals surface area contributed by atoms with Gasteiger partial charge in [0.25, 0.3) is 0 Å². The lowest BCUT2D eigenvalue weighted by Crippen LogP contribution is -2.07. The second kappa shape index (κ2) is 4.22. The molecule has 2 nitrogen and oxygen atoms in total. The van der Waals surface area contributed by atoms with Crippen LogP contribution in [-0.4, -0.2) is 12.0 Å². The Morgan fingerprint density at radius 1 is 1.12 bits per heavy atom. The van der Waals surface area contributed by atoms with Gasteiger partial charge in [-0.3, -0.25) is 4.98 Å². The Labute approximate surface area is 96.7 Å². The van der Waals surface area contributed by atoms with E-state index in [9.17, 15) is 0 Å². The number of fused-ring (bicyclic) bond motifs is 1. The van der Waals surface area contributed by atoms with Crippen LogP contribution in [0, 0.1) is 20.8 Å². The van der Waals surface area contributed by atoms with Crippen molar-refractivity contribution in [3.8, 4) is 0 Å². The van der Waals surface area contributed by atoms with Crippen LogP contribution in [0.3, 0.4) is 0 Å². The van der Waals surface area contributed by atoms with Gasteiger partial charge < -0.3 is 5.32 Å². The lowest BCUT2D eigenvalue weighted by atomic mass is 10.0. The summed E-state index contributed by atoms with van der Waals surface area (Å²) in [6.45, 7) is 7.21. The molecule has 0 fully saturated rings. The second-order valence-corrected chi connectivity index (χ2v) is 4.42. The third-order valence-corrected chi connectivity index (χ3v) is 2.92. The molecule has 0 saturated heterocycles. The topological polar surface area (TPSA) is 24.9 Å². The fraction of sp³-hybridized carbons (Fsp3) is 0.357. The average Bonchev–Trinajstić information content (AvgIpc) is 2.21. The number of rotatable bonds is 2. The largest absolute Gasteiger partial charge is 0.316 e. The summed E-state index contributed by atoms with van der Waals surface area (Å²) >= 11 is 0. The van der Waals surface area contributed by atoms with Crippen molar-refractivity contribution in [3.05, 3.63) is 40.6 Å². The molecule has 0 bridgehead atoms. The summed E-state index contributed by atoms with van der Waals surface area (Å²) in [5, 5.41) is 4.42. The summed E-state index contributed by atoms with van der Waals surface area (Å²) in [6, 6.07) is 6.63. The van der Waals surface area contributed by atoms with E-state index >= 15 is 0 Å². The lowest BCUT2D eigenvalue weighted by Gasteiger charge is -2.09. The van der Waals surface area contributed by atoms with Crippen LogP contribution >= 0.6 is 0 Å². The maximum absolute atomic E-state index is 4.69. The van der Waals surface area contributed by atoms with Gasteiger partial charge in [0.15, 0.2) is 0 Å². The van der Waals surface area contributed by atoms with Gasteiger partial charge in [-0.05, 0) is 51.1 Å². The van der Waals surface area contributed by atoms with Crippen molar-refractivity contribution in [1.82, 2.24) is 10.3 Å². The third kappa shape index (κ3) is 1.93. The Morgan fingerprint density at radius 2 is 1.88 bits per heavy atom. The van der Waals surface area contributed by atoms with Gasteiger partial charge in [0, 0.05) is 17.6 Å². The Balaban J connectivity index is 2.69. The molecule has 0 saturated carbocycles. The standard InChI is InChI=1S/C14H18N2/c1-9-5-10(2)14-12(6-9)7-13(8-15-4)11(3)16-14/h5-7,15H,8H2,1-4H3. The summed E-state index contributed by atoms with van der Waals surface area (Å²) in [7, 11) is 1.96. The fourth-order valence-electron chi connectivity index (χ4n) is 2.16. The van der Waals surface area contributed by atoms with Crippen LogP contribution in [-0.2, 0) is 6.54 Å². The van der Waals surface area contributed by atoms with E-state index in [1.165, 1.54) is 22.1 Å². The summed E-state index contributed by atoms with van der Waals surface area (Å²) in [6.07, 6.45) is 0. The molecule has 0 aliphatic heterocycles. The van der Waals surface area contributed by atoms with Crippen molar-refractivity contribution in [1.29, 1.82) is 0 Å². The molecule has 84 valence electrons. The molecule has 1 aromatic heterocycles. The van der Waals surface area contributed by atoms with Gasteiger partial charge in [-0.25, -0.2) is 0 Å². The zero-order chi connectivity index (χ0) is 11.7. The Hall–Kier alpha value is -1.41. The summed E-state index contributed by atoms with van der Waals surface area (Å²) in [5.74, 6) is 0. The first-order chi connectivity index (χ1) is 7.61. The van der Waals surface area contributed by atoms with Crippen molar-refractivity contribution >= 4 is 10.9 Å². The number of nitrogens with one attached hydrogen (secondary N) is 1. The van der Waals surface area contributed by atoms with Crippen LogP contribution in [0.5, 0.6) is 0 Å². The Morgan fingerprint density at radius 3 is 2.56 bits per heavy atom. The minimum atomic E-state index is 0.877. The first kappa shape index (κ1) is 11.1. The maximum atomic E-state index is 4.69. The molecule has 0 atom stereocenters. The van der Waals surface area contributed by atoms with Gasteiger partial charge in [0.2, 0.25) is 0 Å². The second-order valence-electron chi connectivity index (χ2n) is 4.42. The highest BCUT2D eigenvalue weighted by Gasteiger charge is 2.05. The SMILES string of the molecule is CNCc1cc2cc(C)cc(C)c2nc1C. The molecule has 1 heterocycles. The molecular formula is C14H18N2. The molecule has 0 aliphatic rings. The number of hydrogen-bond donors (Lipinski definition) is 1. The smallest absolute Gasteiger partial charge is 0.0734 e. The van der Waals surface area contributed by atoms with Crippen LogP contribution in [0.25, 0.3) is 10.9 Å². The lowest BCUT2D eigenvalue weighted by molar-refractivity contribution is 0.807. The van der Waals surface area contributed by atoms with Gasteiger partial charge >= 0.3 is 0 Å². The van der Waals surface area contributed by atoms with Crippen molar-refractivity contribution in [2.24, 2.45) is 0 Å². The Kier molecular flexibility index (Phi) is 2.92. The molecular weight excluding hydrogens is 196 g/mol. The summed E-state index contributed by atoms with van der Waals surface area (Å²) < 4.78 is 0. The van der Waals surface area contributed by atoms with Crippen LogP contribution in [0.1, 0.15) is 22.4 Å². The van der Waals surface area contributed by atoms with E-state index in [-0.39, 0.29) is 0 Å². The van der Waals surface area contributed by atoms with E-state index in [1.807, 2.05) is 7.05 Å². The molecule has 0 spiro atoms. The molecule has 0 radical (unpaired) electrons. The number of aromatic nitrogens is 1. The maximum Gasteiger partial charge on any atom is 0.0734 e. The van der Waals surface area contributed by atoms with Crippen molar-refractivity contribution in [2.75, 3.05) is 7.05 Å². The highest BCUT2D eigenvalue weighted by atomic mass is 14.8. The molecule has 0 amide bonds. The van der Waals surface area contributed by atoms with E-state index in [0.717, 1.165) is 17.8 Å². The number of aryl methyl sites for hydroxylation is 3. The van der Waals surface area contributed by atoms with Gasteiger partial charge in [-0.2, -0.15) is 0 Å². The van der Waals surface area contributed by atoms with E-state index < -0.39 is 0 Å². The van der Waals surface area contributed by atoms with Crippen molar-refractivity contribution in [2.45, 2.75) is 27.3 Å². The van der Waals surface area contributed by atoms with Gasteiger partial charge in [-0.1, -0.05) is 11.6 Å². The zero-order valence-corrected chi connectivity index (χ0v) is 10.4. The number of hydrogen-bond acceptors (Lipinski definition) is 2. The molecule has 0 unspecified atom stereocenters. The van der Waals surface area contributed by atoms with Crippen LogP contribution < -0.4 is 5.32 Å². The molecule has 2 heteroatoms. The quantitative estimate of drug-likeness (QED) is 0.831. The number of nitrogens with zero attached hydrogens (tertiary/aromatic N) is 1. The predicted octanol–water partition coefficient (Wildman–Crippen LogP) is 2.88. The van der Waals surface area contributed by atoms with Crippen molar-refractivity contribution in [3.63, 3.8) is 0 Å². The molecule has 2 rings (SSSR count). The van der Waals surface area contributed by atoms with E-state index in [4.69, 9.17) is 4.98 Å². The van der Waals surface area contributed by atoms with Crippen LogP contribution in [0.4, 0.5) is 0 Å². The third-order valence-electron chi connectivity index (χ3n) is 2.92. The minimum Gasteiger partial charge on any atom is -0.316 e. The highest BCUT2D eigenvalue weighted by molar-refractivity contribution is 5.83.